The number of hydrogen-bond acceptors (Lipinski definition) is 1. The Kier molecular flexibility index (Phi) is 3.77. The van der Waals surface area contributed by atoms with Gasteiger partial charge >= 0.3 is 0 Å². The van der Waals surface area contributed by atoms with Crippen molar-refractivity contribution in [2.75, 3.05) is 0 Å². The molecule has 0 aliphatic carbocycles. The summed E-state index contributed by atoms with van der Waals surface area (Å²) in [6.07, 6.45) is 3.83. The van der Waals surface area contributed by atoms with E-state index in [0.717, 1.165) is 26.7 Å². The van der Waals surface area contributed by atoms with E-state index in [1.165, 1.54) is 0 Å². The lowest BCUT2D eigenvalue weighted by Crippen LogP contribution is -2.00. The number of halogens is 2. The van der Waals surface area contributed by atoms with E-state index in [4.69, 9.17) is 23.2 Å². The minimum atomic E-state index is 0.653. The van der Waals surface area contributed by atoms with Gasteiger partial charge in [0.15, 0.2) is 0 Å². The first-order chi connectivity index (χ1) is 9.72. The molecule has 100 valence electrons. The van der Waals surface area contributed by atoms with Crippen molar-refractivity contribution >= 4 is 23.2 Å². The maximum absolute atomic E-state index is 6.16. The largest absolute Gasteiger partial charge is 0.268 e. The zero-order chi connectivity index (χ0) is 13.9. The summed E-state index contributed by atoms with van der Waals surface area (Å²) in [5.74, 6) is 0. The molecule has 0 bridgehead atoms. The molecule has 3 rings (SSSR count). The second kappa shape index (κ2) is 5.70. The van der Waals surface area contributed by atoms with E-state index in [1.54, 1.807) is 0 Å². The molecule has 20 heavy (non-hydrogen) atoms. The van der Waals surface area contributed by atoms with Gasteiger partial charge in [-0.2, -0.15) is 5.10 Å². The molecule has 0 atom stereocenters. The number of benzene rings is 2. The molecular formula is C16H12Cl2N2. The lowest BCUT2D eigenvalue weighted by Gasteiger charge is -2.03. The second-order valence-electron chi connectivity index (χ2n) is 4.53. The van der Waals surface area contributed by atoms with Gasteiger partial charge in [0.1, 0.15) is 0 Å². The standard InChI is InChI=1S/C16H12Cl2N2/c17-15-6-3-5-12(8-15)14-9-19-20(11-14)10-13-4-1-2-7-16(13)18/h1-9,11H,10H2. The fraction of sp³-hybridized carbons (Fsp3) is 0.0625. The first kappa shape index (κ1) is 13.2. The third-order valence-electron chi connectivity index (χ3n) is 3.08. The molecule has 0 aliphatic rings. The number of hydrogen-bond donors (Lipinski definition) is 0. The molecule has 2 nitrogen and oxygen atoms in total. The summed E-state index contributed by atoms with van der Waals surface area (Å²) in [6, 6.07) is 15.5. The van der Waals surface area contributed by atoms with Gasteiger partial charge in [-0.1, -0.05) is 53.5 Å². The average Bonchev–Trinajstić information content (AvgIpc) is 2.90. The Morgan fingerprint density at radius 2 is 1.80 bits per heavy atom. The van der Waals surface area contributed by atoms with Crippen molar-refractivity contribution in [1.29, 1.82) is 0 Å². The Labute approximate surface area is 127 Å². The SMILES string of the molecule is Clc1cccc(-c2cnn(Cc3ccccc3Cl)c2)c1. The highest BCUT2D eigenvalue weighted by Gasteiger charge is 2.04. The molecule has 0 unspecified atom stereocenters. The van der Waals surface area contributed by atoms with Gasteiger partial charge < -0.3 is 0 Å². The summed E-state index contributed by atoms with van der Waals surface area (Å²) in [7, 11) is 0. The molecule has 2 aromatic carbocycles. The zero-order valence-electron chi connectivity index (χ0n) is 10.6. The lowest BCUT2D eigenvalue weighted by atomic mass is 10.1. The molecule has 0 saturated heterocycles. The summed E-state index contributed by atoms with van der Waals surface area (Å²) in [5, 5.41) is 5.85. The maximum atomic E-state index is 6.16. The molecular weight excluding hydrogens is 291 g/mol. The molecule has 0 N–H and O–H groups in total. The van der Waals surface area contributed by atoms with Crippen molar-refractivity contribution in [3.8, 4) is 11.1 Å². The van der Waals surface area contributed by atoms with Crippen molar-refractivity contribution < 1.29 is 0 Å². The molecule has 0 amide bonds. The Morgan fingerprint density at radius 3 is 2.60 bits per heavy atom. The molecule has 0 saturated carbocycles. The van der Waals surface area contributed by atoms with Crippen molar-refractivity contribution in [3.63, 3.8) is 0 Å². The Morgan fingerprint density at radius 1 is 0.950 bits per heavy atom. The summed E-state index contributed by atoms with van der Waals surface area (Å²) >= 11 is 12.2. The van der Waals surface area contributed by atoms with E-state index in [2.05, 4.69) is 5.10 Å². The van der Waals surface area contributed by atoms with Crippen LogP contribution in [0.2, 0.25) is 10.0 Å². The normalized spacial score (nSPS) is 10.7. The Bertz CT molecular complexity index is 735. The molecule has 4 heteroatoms. The van der Waals surface area contributed by atoms with Crippen LogP contribution in [0.3, 0.4) is 0 Å². The van der Waals surface area contributed by atoms with Gasteiger partial charge in [0.25, 0.3) is 0 Å². The van der Waals surface area contributed by atoms with Crippen molar-refractivity contribution in [1.82, 2.24) is 9.78 Å². The van der Waals surface area contributed by atoms with Crippen LogP contribution in [0.15, 0.2) is 60.9 Å². The van der Waals surface area contributed by atoms with Crippen LogP contribution in [0.5, 0.6) is 0 Å². The van der Waals surface area contributed by atoms with Crippen LogP contribution in [0.1, 0.15) is 5.56 Å². The van der Waals surface area contributed by atoms with Crippen LogP contribution >= 0.6 is 23.2 Å². The van der Waals surface area contributed by atoms with Gasteiger partial charge in [0.05, 0.1) is 12.7 Å². The van der Waals surface area contributed by atoms with Crippen molar-refractivity contribution in [2.24, 2.45) is 0 Å². The van der Waals surface area contributed by atoms with E-state index in [-0.39, 0.29) is 0 Å². The monoisotopic (exact) mass is 302 g/mol. The molecule has 0 radical (unpaired) electrons. The highest BCUT2D eigenvalue weighted by molar-refractivity contribution is 6.31. The van der Waals surface area contributed by atoms with Gasteiger partial charge in [0.2, 0.25) is 0 Å². The van der Waals surface area contributed by atoms with Crippen LogP contribution < -0.4 is 0 Å². The Balaban J connectivity index is 1.86. The summed E-state index contributed by atoms with van der Waals surface area (Å²) < 4.78 is 1.87. The van der Waals surface area contributed by atoms with Crippen LogP contribution in [0, 0.1) is 0 Å². The third kappa shape index (κ3) is 2.87. The molecule has 0 spiro atoms. The lowest BCUT2D eigenvalue weighted by molar-refractivity contribution is 0.687. The molecule has 1 aromatic heterocycles. The molecule has 0 aliphatic heterocycles. The summed E-state index contributed by atoms with van der Waals surface area (Å²) in [4.78, 5) is 0. The van der Waals surface area contributed by atoms with Gasteiger partial charge in [-0.15, -0.1) is 0 Å². The first-order valence-corrected chi connectivity index (χ1v) is 7.00. The van der Waals surface area contributed by atoms with E-state index < -0.39 is 0 Å². The van der Waals surface area contributed by atoms with Gasteiger partial charge in [-0.25, -0.2) is 0 Å². The summed E-state index contributed by atoms with van der Waals surface area (Å²) in [5.41, 5.74) is 3.15. The van der Waals surface area contributed by atoms with E-state index >= 15 is 0 Å². The fourth-order valence-electron chi connectivity index (χ4n) is 2.07. The van der Waals surface area contributed by atoms with E-state index in [9.17, 15) is 0 Å². The van der Waals surface area contributed by atoms with Crippen LogP contribution in [-0.4, -0.2) is 9.78 Å². The topological polar surface area (TPSA) is 17.8 Å². The van der Waals surface area contributed by atoms with Crippen molar-refractivity contribution in [2.45, 2.75) is 6.54 Å². The quantitative estimate of drug-likeness (QED) is 0.672. The third-order valence-corrected chi connectivity index (χ3v) is 3.69. The molecule has 3 aromatic rings. The van der Waals surface area contributed by atoms with Gasteiger partial charge in [-0.05, 0) is 29.3 Å². The first-order valence-electron chi connectivity index (χ1n) is 6.24. The predicted molar refractivity (Wildman–Crippen MR) is 83.2 cm³/mol. The van der Waals surface area contributed by atoms with Crippen LogP contribution in [0.4, 0.5) is 0 Å². The predicted octanol–water partition coefficient (Wildman–Crippen LogP) is 4.91. The van der Waals surface area contributed by atoms with E-state index in [0.29, 0.717) is 6.54 Å². The van der Waals surface area contributed by atoms with Gasteiger partial charge in [-0.3, -0.25) is 4.68 Å². The van der Waals surface area contributed by atoms with Crippen molar-refractivity contribution in [3.05, 3.63) is 76.5 Å². The fourth-order valence-corrected chi connectivity index (χ4v) is 2.45. The van der Waals surface area contributed by atoms with Crippen LogP contribution in [-0.2, 0) is 6.54 Å². The minimum absolute atomic E-state index is 0.653. The Hall–Kier alpha value is -1.77. The summed E-state index contributed by atoms with van der Waals surface area (Å²) in [6.45, 7) is 0.653. The van der Waals surface area contributed by atoms with E-state index in [1.807, 2.05) is 65.6 Å². The van der Waals surface area contributed by atoms with Crippen LogP contribution in [0.25, 0.3) is 11.1 Å². The molecule has 1 heterocycles. The smallest absolute Gasteiger partial charge is 0.0674 e. The van der Waals surface area contributed by atoms with Gasteiger partial charge in [0, 0.05) is 21.8 Å². The number of rotatable bonds is 3. The number of nitrogens with zero attached hydrogens (tertiary/aromatic N) is 2. The highest BCUT2D eigenvalue weighted by Crippen LogP contribution is 2.23. The second-order valence-corrected chi connectivity index (χ2v) is 5.37. The maximum Gasteiger partial charge on any atom is 0.0674 e. The highest BCUT2D eigenvalue weighted by atomic mass is 35.5. The minimum Gasteiger partial charge on any atom is -0.268 e. The molecule has 0 fully saturated rings. The zero-order valence-corrected chi connectivity index (χ0v) is 12.1. The average molecular weight is 303 g/mol. The number of aromatic nitrogens is 2.